The average Bonchev–Trinajstić information content (AvgIpc) is 3.44. The third kappa shape index (κ3) is 2.64. The van der Waals surface area contributed by atoms with Crippen molar-refractivity contribution in [2.24, 2.45) is 0 Å². The molecule has 27 heavy (non-hydrogen) atoms. The smallest absolute Gasteiger partial charge is 0.242 e. The molecule has 6 aliphatic rings. The highest BCUT2D eigenvalue weighted by atomic mass is 16.8. The molecule has 4 heterocycles. The van der Waals surface area contributed by atoms with Gasteiger partial charge in [0.2, 0.25) is 5.79 Å². The lowest BCUT2D eigenvalue weighted by Gasteiger charge is -2.37. The third-order valence-corrected chi connectivity index (χ3v) is 7.32. The van der Waals surface area contributed by atoms with E-state index in [-0.39, 0.29) is 24.4 Å². The second-order valence-electron chi connectivity index (χ2n) is 9.12. The molecular weight excluding hydrogens is 348 g/mol. The van der Waals surface area contributed by atoms with Crippen LogP contribution < -0.4 is 0 Å². The van der Waals surface area contributed by atoms with Gasteiger partial charge in [-0.3, -0.25) is 0 Å². The molecule has 0 bridgehead atoms. The molecule has 0 aromatic rings. The molecule has 5 atom stereocenters. The topological polar surface area (TPSA) is 55.4 Å². The SMILES string of the molecule is C1=COC2(C1)OC([C@@H]1COC3(CCCCC3)O1)C1OC3(CCCCC3)OC12. The standard InChI is InChI=1S/C21H30O6/c1-3-8-19(9-4-1)23-14-15(24-19)16-17-18(21(26-16)12-7-13-22-21)27-20(25-17)10-5-2-6-11-20/h7,13,15-18H,1-6,8-12,14H2/t15-,16?,17?,18?,21?/m0/s1. The Labute approximate surface area is 160 Å². The summed E-state index contributed by atoms with van der Waals surface area (Å²) in [5.74, 6) is -1.63. The molecule has 150 valence electrons. The van der Waals surface area contributed by atoms with Crippen LogP contribution in [0.15, 0.2) is 12.3 Å². The molecule has 6 nitrogen and oxygen atoms in total. The molecule has 0 radical (unpaired) electrons. The van der Waals surface area contributed by atoms with E-state index in [1.54, 1.807) is 6.26 Å². The van der Waals surface area contributed by atoms with Crippen LogP contribution in [0.25, 0.3) is 0 Å². The molecule has 6 rings (SSSR count). The van der Waals surface area contributed by atoms with E-state index in [0.29, 0.717) is 13.0 Å². The molecule has 0 aromatic heterocycles. The van der Waals surface area contributed by atoms with Crippen molar-refractivity contribution in [1.82, 2.24) is 0 Å². The Morgan fingerprint density at radius 1 is 0.704 bits per heavy atom. The first-order valence-corrected chi connectivity index (χ1v) is 10.9. The molecular formula is C21H30O6. The van der Waals surface area contributed by atoms with E-state index in [1.165, 1.54) is 25.7 Å². The van der Waals surface area contributed by atoms with Gasteiger partial charge in [-0.25, -0.2) is 0 Å². The van der Waals surface area contributed by atoms with Gasteiger partial charge in [0.05, 0.1) is 12.9 Å². The predicted molar refractivity (Wildman–Crippen MR) is 94.6 cm³/mol. The Kier molecular flexibility index (Phi) is 3.93. The van der Waals surface area contributed by atoms with Gasteiger partial charge in [-0.15, -0.1) is 0 Å². The van der Waals surface area contributed by atoms with E-state index in [1.807, 2.05) is 6.08 Å². The van der Waals surface area contributed by atoms with E-state index >= 15 is 0 Å². The fourth-order valence-electron chi connectivity index (χ4n) is 5.97. The zero-order valence-electron chi connectivity index (χ0n) is 15.9. The average molecular weight is 378 g/mol. The molecule has 0 amide bonds. The van der Waals surface area contributed by atoms with Crippen molar-refractivity contribution in [2.45, 2.75) is 112 Å². The molecule has 6 heteroatoms. The van der Waals surface area contributed by atoms with Crippen molar-refractivity contribution >= 4 is 0 Å². The molecule has 2 aliphatic carbocycles. The van der Waals surface area contributed by atoms with Gasteiger partial charge in [0.1, 0.15) is 18.3 Å². The molecule has 2 saturated carbocycles. The van der Waals surface area contributed by atoms with Gasteiger partial charge in [0.15, 0.2) is 17.7 Å². The lowest BCUT2D eigenvalue weighted by Crippen LogP contribution is -2.45. The Morgan fingerprint density at radius 3 is 2.15 bits per heavy atom. The number of rotatable bonds is 1. The second kappa shape index (κ2) is 6.17. The highest BCUT2D eigenvalue weighted by Gasteiger charge is 2.68. The summed E-state index contributed by atoms with van der Waals surface area (Å²) in [7, 11) is 0. The summed E-state index contributed by atoms with van der Waals surface area (Å²) in [6.07, 6.45) is 14.8. The maximum Gasteiger partial charge on any atom is 0.242 e. The van der Waals surface area contributed by atoms with E-state index in [2.05, 4.69) is 0 Å². The van der Waals surface area contributed by atoms with Crippen molar-refractivity contribution in [3.8, 4) is 0 Å². The first kappa shape index (κ1) is 17.2. The van der Waals surface area contributed by atoms with Crippen LogP contribution in [0, 0.1) is 0 Å². The Balaban J connectivity index is 1.26. The van der Waals surface area contributed by atoms with E-state index in [0.717, 1.165) is 38.5 Å². The fourth-order valence-corrected chi connectivity index (χ4v) is 5.97. The maximum atomic E-state index is 6.61. The van der Waals surface area contributed by atoms with Crippen molar-refractivity contribution in [2.75, 3.05) is 6.61 Å². The quantitative estimate of drug-likeness (QED) is 0.696. The van der Waals surface area contributed by atoms with E-state index in [4.69, 9.17) is 28.4 Å². The van der Waals surface area contributed by atoms with Gasteiger partial charge in [-0.1, -0.05) is 12.8 Å². The van der Waals surface area contributed by atoms with Crippen LogP contribution in [0.4, 0.5) is 0 Å². The minimum atomic E-state index is -0.762. The van der Waals surface area contributed by atoms with Crippen LogP contribution in [-0.2, 0) is 28.4 Å². The van der Waals surface area contributed by atoms with Gasteiger partial charge in [0, 0.05) is 32.1 Å². The van der Waals surface area contributed by atoms with Crippen LogP contribution >= 0.6 is 0 Å². The lowest BCUT2D eigenvalue weighted by molar-refractivity contribution is -0.294. The number of hydrogen-bond donors (Lipinski definition) is 0. The molecule has 3 saturated heterocycles. The Morgan fingerprint density at radius 2 is 1.44 bits per heavy atom. The molecule has 5 fully saturated rings. The molecule has 0 aromatic carbocycles. The summed E-state index contributed by atoms with van der Waals surface area (Å²) in [5, 5.41) is 0. The van der Waals surface area contributed by atoms with Crippen molar-refractivity contribution in [1.29, 1.82) is 0 Å². The molecule has 3 spiro atoms. The zero-order chi connectivity index (χ0) is 18.0. The summed E-state index contributed by atoms with van der Waals surface area (Å²) in [6.45, 7) is 0.563. The van der Waals surface area contributed by atoms with Crippen LogP contribution in [0.3, 0.4) is 0 Å². The van der Waals surface area contributed by atoms with Crippen molar-refractivity contribution in [3.63, 3.8) is 0 Å². The highest BCUT2D eigenvalue weighted by molar-refractivity contribution is 5.12. The zero-order valence-corrected chi connectivity index (χ0v) is 15.9. The van der Waals surface area contributed by atoms with Gasteiger partial charge in [0.25, 0.3) is 0 Å². The summed E-state index contributed by atoms with van der Waals surface area (Å²) in [6, 6.07) is 0. The largest absolute Gasteiger partial charge is 0.467 e. The first-order chi connectivity index (χ1) is 13.2. The predicted octanol–water partition coefficient (Wildman–Crippen LogP) is 3.54. The van der Waals surface area contributed by atoms with Crippen LogP contribution in [-0.4, -0.2) is 48.4 Å². The maximum absolute atomic E-state index is 6.61. The summed E-state index contributed by atoms with van der Waals surface area (Å²) >= 11 is 0. The van der Waals surface area contributed by atoms with Gasteiger partial charge in [-0.05, 0) is 31.8 Å². The van der Waals surface area contributed by atoms with Crippen LogP contribution in [0.1, 0.15) is 70.6 Å². The minimum absolute atomic E-state index is 0.124. The van der Waals surface area contributed by atoms with Gasteiger partial charge >= 0.3 is 0 Å². The summed E-state index contributed by atoms with van der Waals surface area (Å²) in [4.78, 5) is 0. The van der Waals surface area contributed by atoms with E-state index < -0.39 is 17.4 Å². The Hall–Kier alpha value is -0.660. The van der Waals surface area contributed by atoms with E-state index in [9.17, 15) is 0 Å². The summed E-state index contributed by atoms with van der Waals surface area (Å²) < 4.78 is 38.3. The first-order valence-electron chi connectivity index (χ1n) is 10.9. The minimum Gasteiger partial charge on any atom is -0.467 e. The number of ether oxygens (including phenoxy) is 6. The highest BCUT2D eigenvalue weighted by Crippen LogP contribution is 2.53. The molecule has 0 N–H and O–H groups in total. The number of fused-ring (bicyclic) bond motifs is 2. The number of hydrogen-bond acceptors (Lipinski definition) is 6. The van der Waals surface area contributed by atoms with Crippen LogP contribution in [0.2, 0.25) is 0 Å². The fraction of sp³-hybridized carbons (Fsp3) is 0.905. The third-order valence-electron chi connectivity index (χ3n) is 7.32. The summed E-state index contributed by atoms with van der Waals surface area (Å²) in [5.41, 5.74) is 0. The van der Waals surface area contributed by atoms with Crippen LogP contribution in [0.5, 0.6) is 0 Å². The van der Waals surface area contributed by atoms with Gasteiger partial charge in [-0.2, -0.15) is 0 Å². The van der Waals surface area contributed by atoms with Crippen molar-refractivity contribution < 1.29 is 28.4 Å². The monoisotopic (exact) mass is 378 g/mol. The Bertz CT molecular complexity index is 598. The van der Waals surface area contributed by atoms with Crippen molar-refractivity contribution in [3.05, 3.63) is 12.3 Å². The van der Waals surface area contributed by atoms with Gasteiger partial charge < -0.3 is 28.4 Å². The normalized spacial score (nSPS) is 47.1. The lowest BCUT2D eigenvalue weighted by atomic mass is 9.94. The molecule has 4 unspecified atom stereocenters. The molecule has 4 aliphatic heterocycles. The second-order valence-corrected chi connectivity index (χ2v) is 9.12.